The van der Waals surface area contributed by atoms with E-state index in [2.05, 4.69) is 13.8 Å². The number of phenols is 1. The van der Waals surface area contributed by atoms with Gasteiger partial charge in [0.15, 0.2) is 5.78 Å². The Hall–Kier alpha value is -1.31. The molecule has 0 atom stereocenters. The van der Waals surface area contributed by atoms with E-state index in [1.807, 2.05) is 6.07 Å². The second kappa shape index (κ2) is 2.84. The predicted octanol–water partition coefficient (Wildman–Crippen LogP) is 2.65. The molecule has 2 rings (SSSR count). The molecule has 0 amide bonds. The summed E-state index contributed by atoms with van der Waals surface area (Å²) in [5.74, 6) is 0.192. The molecule has 1 aromatic carbocycles. The number of carbonyl (C=O) groups is 1. The monoisotopic (exact) mass is 190 g/mol. The van der Waals surface area contributed by atoms with Crippen molar-refractivity contribution in [2.24, 2.45) is 0 Å². The lowest BCUT2D eigenvalue weighted by Gasteiger charge is -2.31. The number of rotatable bonds is 0. The molecule has 1 aliphatic rings. The molecule has 0 fully saturated rings. The summed E-state index contributed by atoms with van der Waals surface area (Å²) in [5.41, 5.74) is 1.51. The molecule has 2 nitrogen and oxygen atoms in total. The van der Waals surface area contributed by atoms with Gasteiger partial charge >= 0.3 is 0 Å². The third-order valence-corrected chi connectivity index (χ3v) is 3.03. The zero-order valence-corrected chi connectivity index (χ0v) is 8.50. The summed E-state index contributed by atoms with van der Waals surface area (Å²) in [6, 6.07) is 5.32. The molecule has 1 aromatic rings. The Balaban J connectivity index is 2.69. The van der Waals surface area contributed by atoms with E-state index in [0.717, 1.165) is 12.0 Å². The molecule has 0 unspecified atom stereocenters. The second-order valence-electron chi connectivity index (χ2n) is 4.51. The van der Waals surface area contributed by atoms with Crippen LogP contribution in [0.4, 0.5) is 0 Å². The summed E-state index contributed by atoms with van der Waals surface area (Å²) in [5, 5.41) is 9.64. The van der Waals surface area contributed by atoms with Crippen molar-refractivity contribution in [3.63, 3.8) is 0 Å². The fraction of sp³-hybridized carbons (Fsp3) is 0.417. The summed E-state index contributed by atoms with van der Waals surface area (Å²) < 4.78 is 0. The summed E-state index contributed by atoms with van der Waals surface area (Å²) in [6.45, 7) is 4.22. The lowest BCUT2D eigenvalue weighted by Crippen LogP contribution is -2.27. The lowest BCUT2D eigenvalue weighted by molar-refractivity contribution is 0.0953. The largest absolute Gasteiger partial charge is 0.507 e. The number of ketones is 1. The Bertz CT molecular complexity index is 391. The van der Waals surface area contributed by atoms with Gasteiger partial charge in [0, 0.05) is 6.42 Å². The molecule has 0 heterocycles. The van der Waals surface area contributed by atoms with Crippen molar-refractivity contribution in [3.8, 4) is 5.75 Å². The van der Waals surface area contributed by atoms with Gasteiger partial charge < -0.3 is 5.11 Å². The van der Waals surface area contributed by atoms with Crippen LogP contribution in [0.25, 0.3) is 0 Å². The average molecular weight is 190 g/mol. The lowest BCUT2D eigenvalue weighted by atomic mass is 9.72. The fourth-order valence-electron chi connectivity index (χ4n) is 2.08. The SMILES string of the molecule is CC1(C)CCC(=O)c2c(O)cccc21. The number of phenolic OH excluding ortho intramolecular Hbond substituents is 1. The van der Waals surface area contributed by atoms with E-state index in [1.165, 1.54) is 0 Å². The van der Waals surface area contributed by atoms with Gasteiger partial charge in [-0.1, -0.05) is 26.0 Å². The molecule has 0 aliphatic heterocycles. The highest BCUT2D eigenvalue weighted by Crippen LogP contribution is 2.39. The topological polar surface area (TPSA) is 37.3 Å². The van der Waals surface area contributed by atoms with E-state index < -0.39 is 0 Å². The van der Waals surface area contributed by atoms with Gasteiger partial charge in [0.1, 0.15) is 5.75 Å². The van der Waals surface area contributed by atoms with Gasteiger partial charge in [-0.15, -0.1) is 0 Å². The van der Waals surface area contributed by atoms with Crippen LogP contribution >= 0.6 is 0 Å². The van der Waals surface area contributed by atoms with Gasteiger partial charge in [0.2, 0.25) is 0 Å². The first kappa shape index (κ1) is 9.25. The highest BCUT2D eigenvalue weighted by molar-refractivity contribution is 6.01. The molecule has 0 spiro atoms. The third-order valence-electron chi connectivity index (χ3n) is 3.03. The van der Waals surface area contributed by atoms with Crippen LogP contribution in [-0.2, 0) is 5.41 Å². The first-order chi connectivity index (χ1) is 6.52. The number of hydrogen-bond acceptors (Lipinski definition) is 2. The molecule has 0 saturated carbocycles. The predicted molar refractivity (Wildman–Crippen MR) is 54.7 cm³/mol. The van der Waals surface area contributed by atoms with Gasteiger partial charge in [0.25, 0.3) is 0 Å². The van der Waals surface area contributed by atoms with Crippen LogP contribution in [0.2, 0.25) is 0 Å². The standard InChI is InChI=1S/C12H14O2/c1-12(2)7-6-10(14)11-8(12)4-3-5-9(11)13/h3-5,13H,6-7H2,1-2H3. The highest BCUT2D eigenvalue weighted by Gasteiger charge is 2.33. The number of fused-ring (bicyclic) bond motifs is 1. The van der Waals surface area contributed by atoms with E-state index in [4.69, 9.17) is 0 Å². The minimum absolute atomic E-state index is 0.00197. The Morgan fingerprint density at radius 2 is 2.07 bits per heavy atom. The van der Waals surface area contributed by atoms with Crippen molar-refractivity contribution in [1.29, 1.82) is 0 Å². The number of aromatic hydroxyl groups is 1. The van der Waals surface area contributed by atoms with Crippen molar-refractivity contribution in [3.05, 3.63) is 29.3 Å². The van der Waals surface area contributed by atoms with Crippen molar-refractivity contribution < 1.29 is 9.90 Å². The normalized spacial score (nSPS) is 19.1. The molecule has 1 aliphatic carbocycles. The van der Waals surface area contributed by atoms with E-state index in [9.17, 15) is 9.90 Å². The Kier molecular flexibility index (Phi) is 1.88. The highest BCUT2D eigenvalue weighted by atomic mass is 16.3. The number of hydrogen-bond donors (Lipinski definition) is 1. The summed E-state index contributed by atoms with van der Waals surface area (Å²) in [4.78, 5) is 11.6. The van der Waals surface area contributed by atoms with Crippen LogP contribution in [-0.4, -0.2) is 10.9 Å². The molecule has 0 radical (unpaired) electrons. The van der Waals surface area contributed by atoms with Crippen LogP contribution in [0.5, 0.6) is 5.75 Å². The molecular formula is C12H14O2. The van der Waals surface area contributed by atoms with Crippen molar-refractivity contribution in [2.75, 3.05) is 0 Å². The smallest absolute Gasteiger partial charge is 0.166 e. The molecular weight excluding hydrogens is 176 g/mol. The Morgan fingerprint density at radius 3 is 2.71 bits per heavy atom. The minimum atomic E-state index is 0.00197. The van der Waals surface area contributed by atoms with Gasteiger partial charge in [-0.3, -0.25) is 4.79 Å². The van der Waals surface area contributed by atoms with E-state index in [1.54, 1.807) is 12.1 Å². The molecule has 1 N–H and O–H groups in total. The van der Waals surface area contributed by atoms with Crippen LogP contribution in [0.15, 0.2) is 18.2 Å². The van der Waals surface area contributed by atoms with Crippen LogP contribution in [0.1, 0.15) is 42.6 Å². The summed E-state index contributed by atoms with van der Waals surface area (Å²) in [6.07, 6.45) is 1.40. The van der Waals surface area contributed by atoms with Crippen molar-refractivity contribution in [1.82, 2.24) is 0 Å². The van der Waals surface area contributed by atoms with Gasteiger partial charge in [-0.25, -0.2) is 0 Å². The maximum Gasteiger partial charge on any atom is 0.166 e. The number of benzene rings is 1. The molecule has 2 heteroatoms. The minimum Gasteiger partial charge on any atom is -0.507 e. The van der Waals surface area contributed by atoms with Gasteiger partial charge in [-0.05, 0) is 23.5 Å². The molecule has 0 aromatic heterocycles. The van der Waals surface area contributed by atoms with Gasteiger partial charge in [-0.2, -0.15) is 0 Å². The maximum atomic E-state index is 11.6. The molecule has 14 heavy (non-hydrogen) atoms. The van der Waals surface area contributed by atoms with Gasteiger partial charge in [0.05, 0.1) is 5.56 Å². The first-order valence-corrected chi connectivity index (χ1v) is 4.88. The maximum absolute atomic E-state index is 11.6. The van der Waals surface area contributed by atoms with Crippen molar-refractivity contribution in [2.45, 2.75) is 32.1 Å². The first-order valence-electron chi connectivity index (χ1n) is 4.88. The van der Waals surface area contributed by atoms with E-state index >= 15 is 0 Å². The van der Waals surface area contributed by atoms with Crippen LogP contribution < -0.4 is 0 Å². The fourth-order valence-corrected chi connectivity index (χ4v) is 2.08. The Labute approximate surface area is 83.6 Å². The average Bonchev–Trinajstić information content (AvgIpc) is 2.12. The van der Waals surface area contributed by atoms with E-state index in [0.29, 0.717) is 12.0 Å². The second-order valence-corrected chi connectivity index (χ2v) is 4.51. The zero-order chi connectivity index (χ0) is 10.3. The van der Waals surface area contributed by atoms with Crippen molar-refractivity contribution >= 4 is 5.78 Å². The third kappa shape index (κ3) is 1.22. The summed E-state index contributed by atoms with van der Waals surface area (Å²) >= 11 is 0. The van der Waals surface area contributed by atoms with Crippen LogP contribution in [0, 0.1) is 0 Å². The number of carbonyl (C=O) groups excluding carboxylic acids is 1. The quantitative estimate of drug-likeness (QED) is 0.682. The zero-order valence-electron chi connectivity index (χ0n) is 8.50. The van der Waals surface area contributed by atoms with Crippen LogP contribution in [0.3, 0.4) is 0 Å². The number of Topliss-reactive ketones (excluding diaryl/α,β-unsaturated/α-hetero) is 1. The molecule has 74 valence electrons. The molecule has 0 saturated heterocycles. The van der Waals surface area contributed by atoms with E-state index in [-0.39, 0.29) is 16.9 Å². The summed E-state index contributed by atoms with van der Waals surface area (Å²) in [7, 11) is 0. The molecule has 0 bridgehead atoms. The Morgan fingerprint density at radius 1 is 1.36 bits per heavy atom.